The molecule has 1 heterocycles. The number of carbonyl (C=O) groups excluding carboxylic acids is 1. The van der Waals surface area contributed by atoms with E-state index in [0.29, 0.717) is 29.9 Å². The Hall–Kier alpha value is -2.71. The van der Waals surface area contributed by atoms with E-state index in [4.69, 9.17) is 0 Å². The van der Waals surface area contributed by atoms with Gasteiger partial charge in [0, 0.05) is 18.7 Å². The highest BCUT2D eigenvalue weighted by molar-refractivity contribution is 7.89. The Balaban J connectivity index is 1.69. The summed E-state index contributed by atoms with van der Waals surface area (Å²) in [5.74, 6) is -0.320. The van der Waals surface area contributed by atoms with Crippen molar-refractivity contribution >= 4 is 21.6 Å². The van der Waals surface area contributed by atoms with Gasteiger partial charge in [-0.3, -0.25) is 4.79 Å². The first-order valence-corrected chi connectivity index (χ1v) is 10.6. The van der Waals surface area contributed by atoms with Gasteiger partial charge in [-0.15, -0.1) is 0 Å². The highest BCUT2D eigenvalue weighted by atomic mass is 32.2. The van der Waals surface area contributed by atoms with E-state index in [1.165, 1.54) is 28.6 Å². The van der Waals surface area contributed by atoms with Crippen LogP contribution in [0.15, 0.2) is 58.5 Å². The van der Waals surface area contributed by atoms with E-state index in [1.54, 1.807) is 31.2 Å². The zero-order valence-electron chi connectivity index (χ0n) is 15.6. The van der Waals surface area contributed by atoms with Gasteiger partial charge >= 0.3 is 0 Å². The van der Waals surface area contributed by atoms with Crippen LogP contribution in [0.2, 0.25) is 0 Å². The molecule has 0 radical (unpaired) electrons. The molecule has 2 aromatic rings. The third-order valence-corrected chi connectivity index (χ3v) is 6.59. The minimum absolute atomic E-state index is 0.0795. The molecule has 0 atom stereocenters. The molecule has 28 heavy (non-hydrogen) atoms. The lowest BCUT2D eigenvalue weighted by Gasteiger charge is -2.25. The molecule has 1 amide bonds. The summed E-state index contributed by atoms with van der Waals surface area (Å²) in [5, 5.41) is 13.3. The van der Waals surface area contributed by atoms with E-state index in [0.717, 1.165) is 19.3 Å². The van der Waals surface area contributed by atoms with E-state index < -0.39 is 15.9 Å². The fourth-order valence-corrected chi connectivity index (χ4v) is 4.52. The quantitative estimate of drug-likeness (QED) is 0.594. The number of amides is 1. The number of aromatic hydroxyl groups is 1. The lowest BCUT2D eigenvalue weighted by molar-refractivity contribution is 0.0955. The molecule has 8 heteroatoms. The van der Waals surface area contributed by atoms with Gasteiger partial charge in [-0.2, -0.15) is 9.41 Å². The van der Waals surface area contributed by atoms with Crippen LogP contribution >= 0.6 is 0 Å². The molecule has 148 valence electrons. The Labute approximate surface area is 164 Å². The van der Waals surface area contributed by atoms with Gasteiger partial charge in [-0.05, 0) is 61.7 Å². The standard InChI is InChI=1S/C20H23N3O4S/c1-15(21-22-20(25)17-5-9-18(24)10-6-17)16-7-11-19(12-8-16)28(26,27)23-13-3-2-4-14-23/h5-12,24H,2-4,13-14H2,1H3,(H,22,25)/b21-15-. The monoisotopic (exact) mass is 401 g/mol. The Morgan fingerprint density at radius 3 is 2.14 bits per heavy atom. The number of piperidine rings is 1. The Bertz CT molecular complexity index is 962. The Kier molecular flexibility index (Phi) is 6.11. The van der Waals surface area contributed by atoms with Gasteiger partial charge in [0.05, 0.1) is 10.6 Å². The van der Waals surface area contributed by atoms with E-state index in [-0.39, 0.29) is 10.6 Å². The fraction of sp³-hybridized carbons (Fsp3) is 0.300. The van der Waals surface area contributed by atoms with E-state index in [9.17, 15) is 18.3 Å². The first kappa shape index (κ1) is 20.0. The zero-order valence-corrected chi connectivity index (χ0v) is 16.4. The summed E-state index contributed by atoms with van der Waals surface area (Å²) >= 11 is 0. The van der Waals surface area contributed by atoms with Crippen LogP contribution in [0.1, 0.15) is 42.1 Å². The second-order valence-corrected chi connectivity index (χ2v) is 8.61. The molecule has 1 aliphatic heterocycles. The molecule has 0 saturated carbocycles. The zero-order chi connectivity index (χ0) is 20.1. The molecule has 0 spiro atoms. The second kappa shape index (κ2) is 8.53. The number of hydrogen-bond donors (Lipinski definition) is 2. The topological polar surface area (TPSA) is 99.1 Å². The van der Waals surface area contributed by atoms with Crippen molar-refractivity contribution in [3.05, 3.63) is 59.7 Å². The van der Waals surface area contributed by atoms with Gasteiger partial charge in [0.1, 0.15) is 5.75 Å². The highest BCUT2D eigenvalue weighted by Gasteiger charge is 2.25. The van der Waals surface area contributed by atoms with Gasteiger partial charge in [0.25, 0.3) is 5.91 Å². The summed E-state index contributed by atoms with van der Waals surface area (Å²) in [6.45, 7) is 2.85. The van der Waals surface area contributed by atoms with Gasteiger partial charge in [0.2, 0.25) is 10.0 Å². The fourth-order valence-electron chi connectivity index (χ4n) is 3.00. The highest BCUT2D eigenvalue weighted by Crippen LogP contribution is 2.21. The molecular weight excluding hydrogens is 378 g/mol. The normalized spacial score (nSPS) is 16.0. The minimum Gasteiger partial charge on any atom is -0.508 e. The molecule has 2 aromatic carbocycles. The maximum Gasteiger partial charge on any atom is 0.271 e. The van der Waals surface area contributed by atoms with Crippen LogP contribution in [-0.2, 0) is 10.0 Å². The van der Waals surface area contributed by atoms with Crippen molar-refractivity contribution in [3.63, 3.8) is 0 Å². The summed E-state index contributed by atoms with van der Waals surface area (Å²) in [6, 6.07) is 12.3. The van der Waals surface area contributed by atoms with Crippen LogP contribution in [0.25, 0.3) is 0 Å². The number of phenolic OH excluding ortho intramolecular Hbond substituents is 1. The van der Waals surface area contributed by atoms with E-state index >= 15 is 0 Å². The van der Waals surface area contributed by atoms with Gasteiger partial charge in [0.15, 0.2) is 0 Å². The third kappa shape index (κ3) is 4.58. The molecule has 1 fully saturated rings. The van der Waals surface area contributed by atoms with Crippen molar-refractivity contribution in [3.8, 4) is 5.75 Å². The summed E-state index contributed by atoms with van der Waals surface area (Å²) < 4.78 is 26.9. The number of nitrogens with one attached hydrogen (secondary N) is 1. The molecule has 0 unspecified atom stereocenters. The number of hydrogen-bond acceptors (Lipinski definition) is 5. The largest absolute Gasteiger partial charge is 0.508 e. The maximum atomic E-state index is 12.7. The molecular formula is C20H23N3O4S. The minimum atomic E-state index is -3.47. The van der Waals surface area contributed by atoms with Crippen LogP contribution in [0.3, 0.4) is 0 Å². The van der Waals surface area contributed by atoms with Crippen molar-refractivity contribution < 1.29 is 18.3 Å². The number of benzene rings is 2. The lowest BCUT2D eigenvalue weighted by Crippen LogP contribution is -2.35. The van der Waals surface area contributed by atoms with Crippen molar-refractivity contribution in [2.24, 2.45) is 5.10 Å². The van der Waals surface area contributed by atoms with Crippen molar-refractivity contribution in [2.75, 3.05) is 13.1 Å². The van der Waals surface area contributed by atoms with Crippen molar-refractivity contribution in [2.45, 2.75) is 31.1 Å². The van der Waals surface area contributed by atoms with E-state index in [1.807, 2.05) is 0 Å². The molecule has 0 aliphatic carbocycles. The lowest BCUT2D eigenvalue weighted by atomic mass is 10.1. The summed E-state index contributed by atoms with van der Waals surface area (Å²) in [4.78, 5) is 12.3. The van der Waals surface area contributed by atoms with Crippen LogP contribution in [-0.4, -0.2) is 42.5 Å². The number of carbonyl (C=O) groups is 1. The number of phenols is 1. The molecule has 2 N–H and O–H groups in total. The van der Waals surface area contributed by atoms with Gasteiger partial charge in [-0.25, -0.2) is 13.8 Å². The number of hydrazone groups is 1. The van der Waals surface area contributed by atoms with Crippen molar-refractivity contribution in [1.82, 2.24) is 9.73 Å². The molecule has 0 bridgehead atoms. The van der Waals surface area contributed by atoms with Gasteiger partial charge in [-0.1, -0.05) is 18.6 Å². The Morgan fingerprint density at radius 1 is 0.964 bits per heavy atom. The van der Waals surface area contributed by atoms with E-state index in [2.05, 4.69) is 10.5 Å². The molecule has 7 nitrogen and oxygen atoms in total. The first-order valence-electron chi connectivity index (χ1n) is 9.12. The predicted molar refractivity (Wildman–Crippen MR) is 107 cm³/mol. The molecule has 1 aliphatic rings. The van der Waals surface area contributed by atoms with Crippen LogP contribution in [0.4, 0.5) is 0 Å². The smallest absolute Gasteiger partial charge is 0.271 e. The van der Waals surface area contributed by atoms with Crippen molar-refractivity contribution in [1.29, 1.82) is 0 Å². The van der Waals surface area contributed by atoms with Crippen LogP contribution in [0, 0.1) is 0 Å². The molecule has 0 aromatic heterocycles. The predicted octanol–water partition coefficient (Wildman–Crippen LogP) is 2.72. The molecule has 3 rings (SSSR count). The number of rotatable bonds is 5. The third-order valence-electron chi connectivity index (χ3n) is 4.68. The average Bonchev–Trinajstić information content (AvgIpc) is 2.73. The first-order chi connectivity index (χ1) is 13.4. The van der Waals surface area contributed by atoms with Crippen LogP contribution < -0.4 is 5.43 Å². The number of sulfonamides is 1. The average molecular weight is 401 g/mol. The SMILES string of the molecule is C/C(=N/NC(=O)c1ccc(O)cc1)c1ccc(S(=O)(=O)N2CCCCC2)cc1. The van der Waals surface area contributed by atoms with Gasteiger partial charge < -0.3 is 5.11 Å². The number of nitrogens with zero attached hydrogens (tertiary/aromatic N) is 2. The second-order valence-electron chi connectivity index (χ2n) is 6.67. The summed E-state index contributed by atoms with van der Waals surface area (Å²) in [7, 11) is -3.47. The summed E-state index contributed by atoms with van der Waals surface area (Å²) in [5.41, 5.74) is 4.09. The summed E-state index contributed by atoms with van der Waals surface area (Å²) in [6.07, 6.45) is 2.85. The van der Waals surface area contributed by atoms with Crippen LogP contribution in [0.5, 0.6) is 5.75 Å². The molecule has 1 saturated heterocycles. The maximum absolute atomic E-state index is 12.7. The Morgan fingerprint density at radius 2 is 1.54 bits per heavy atom.